The first-order valence-corrected chi connectivity index (χ1v) is 12.2. The third-order valence-corrected chi connectivity index (χ3v) is 9.00. The van der Waals surface area contributed by atoms with Gasteiger partial charge in [-0.1, -0.05) is 64.2 Å². The molecule has 0 unspecified atom stereocenters. The number of benzene rings is 1. The molecule has 0 N–H and O–H groups in total. The fourth-order valence-corrected chi connectivity index (χ4v) is 8.01. The van der Waals surface area contributed by atoms with E-state index in [0.29, 0.717) is 17.3 Å². The van der Waals surface area contributed by atoms with Gasteiger partial charge < -0.3 is 16.7 Å². The van der Waals surface area contributed by atoms with Crippen molar-refractivity contribution in [3.05, 3.63) is 42.4 Å². The standard InChI is InChI=1S/C27H40N.CN.Au/c1-17(2)23-8-7-9-24(18(3)4)25(23)28-16-27(15-26(28,5)6)21-11-19-10-20(13-21)14-22(27)12-19;1-2;/h7-9,16-22H,10-15H2,1-6H3;;/q2*-1;. The molecule has 0 atom stereocenters. The maximum Gasteiger partial charge on any atom is 0.0145 e. The van der Waals surface area contributed by atoms with Gasteiger partial charge in [0.15, 0.2) is 0 Å². The maximum atomic E-state index is 6.25. The normalized spacial score (nSPS) is 34.7. The van der Waals surface area contributed by atoms with E-state index in [1.807, 2.05) is 0 Å². The minimum Gasteiger partial charge on any atom is -0.517 e. The van der Waals surface area contributed by atoms with E-state index in [2.05, 4.69) is 71.2 Å². The second-order valence-corrected chi connectivity index (χ2v) is 12.0. The van der Waals surface area contributed by atoms with Crippen molar-refractivity contribution in [2.45, 2.75) is 97.4 Å². The number of para-hydroxylation sites is 1. The molecule has 0 amide bonds. The summed E-state index contributed by atoms with van der Waals surface area (Å²) in [7, 11) is 0. The Morgan fingerprint density at radius 1 is 0.903 bits per heavy atom. The van der Waals surface area contributed by atoms with Crippen LogP contribution in [-0.4, -0.2) is 5.54 Å². The smallest absolute Gasteiger partial charge is 0.0145 e. The van der Waals surface area contributed by atoms with Crippen LogP contribution in [0.4, 0.5) is 5.69 Å². The minimum absolute atomic E-state index is 0. The summed E-state index contributed by atoms with van der Waals surface area (Å²) in [6.07, 6.45) is 8.95. The molecule has 1 aromatic carbocycles. The first-order valence-electron chi connectivity index (χ1n) is 12.2. The molecule has 2 nitrogen and oxygen atoms in total. The quantitative estimate of drug-likeness (QED) is 0.263. The van der Waals surface area contributed by atoms with E-state index >= 15 is 0 Å². The molecule has 175 valence electrons. The van der Waals surface area contributed by atoms with Crippen LogP contribution in [0.3, 0.4) is 0 Å². The number of rotatable bonds is 3. The summed E-state index contributed by atoms with van der Waals surface area (Å²) < 4.78 is 0. The molecule has 31 heavy (non-hydrogen) atoms. The predicted molar refractivity (Wildman–Crippen MR) is 125 cm³/mol. The van der Waals surface area contributed by atoms with Crippen LogP contribution in [0.2, 0.25) is 0 Å². The fraction of sp³-hybridized carbons (Fsp3) is 0.714. The third-order valence-electron chi connectivity index (χ3n) is 9.00. The van der Waals surface area contributed by atoms with E-state index in [-0.39, 0.29) is 27.9 Å². The molecular weight excluding hydrogens is 561 g/mol. The number of anilines is 1. The molecule has 5 aliphatic rings. The fourth-order valence-electron chi connectivity index (χ4n) is 8.01. The number of hydrogen-bond donors (Lipinski definition) is 0. The van der Waals surface area contributed by atoms with Crippen LogP contribution in [0.1, 0.15) is 103 Å². The van der Waals surface area contributed by atoms with E-state index in [1.165, 1.54) is 43.2 Å². The Kier molecular flexibility index (Phi) is 7.13. The van der Waals surface area contributed by atoms with E-state index in [0.717, 1.165) is 23.7 Å². The summed E-state index contributed by atoms with van der Waals surface area (Å²) in [6, 6.07) is 7.06. The largest absolute Gasteiger partial charge is 0.517 e. The molecule has 4 bridgehead atoms. The first kappa shape index (κ1) is 24.9. The second kappa shape index (κ2) is 8.89. The minimum atomic E-state index is 0. The molecule has 0 aromatic heterocycles. The molecule has 1 aliphatic heterocycles. The summed E-state index contributed by atoms with van der Waals surface area (Å²) in [6.45, 7) is 22.0. The molecule has 3 heteroatoms. The van der Waals surface area contributed by atoms with Gasteiger partial charge in [-0.3, -0.25) is 0 Å². The molecule has 6 rings (SSSR count). The zero-order chi connectivity index (χ0) is 21.8. The van der Waals surface area contributed by atoms with Crippen molar-refractivity contribution in [2.75, 3.05) is 4.90 Å². The summed E-state index contributed by atoms with van der Waals surface area (Å²) in [5.41, 5.74) is 5.30. The van der Waals surface area contributed by atoms with Gasteiger partial charge in [0, 0.05) is 33.6 Å². The molecular formula is C28H40AuN2-2. The molecule has 1 heterocycles. The molecule has 1 saturated heterocycles. The summed E-state index contributed by atoms with van der Waals surface area (Å²) in [4.78, 5) is 2.78. The average Bonchev–Trinajstić information content (AvgIpc) is 2.98. The predicted octanol–water partition coefficient (Wildman–Crippen LogP) is 7.62. The van der Waals surface area contributed by atoms with Crippen molar-refractivity contribution in [2.24, 2.45) is 29.1 Å². The Balaban J connectivity index is 0.000000883. The van der Waals surface area contributed by atoms with E-state index in [4.69, 9.17) is 11.8 Å². The summed E-state index contributed by atoms with van der Waals surface area (Å²) >= 11 is 0. The molecule has 4 saturated carbocycles. The second-order valence-electron chi connectivity index (χ2n) is 12.0. The van der Waals surface area contributed by atoms with Crippen molar-refractivity contribution >= 4 is 5.69 Å². The first-order chi connectivity index (χ1) is 14.2. The molecule has 1 radical (unpaired) electrons. The molecule has 5 fully saturated rings. The van der Waals surface area contributed by atoms with Crippen LogP contribution in [0.15, 0.2) is 18.2 Å². The van der Waals surface area contributed by atoms with Gasteiger partial charge in [0.05, 0.1) is 0 Å². The SMILES string of the molecule is CC(C)c1cccc(C(C)C)c1N1[CH-]C2(CC1(C)C)C1CC3CC(C1)CC2C3.[Au].[C-]#N. The van der Waals surface area contributed by atoms with Crippen LogP contribution < -0.4 is 4.90 Å². The van der Waals surface area contributed by atoms with Crippen molar-refractivity contribution in [3.8, 4) is 0 Å². The maximum absolute atomic E-state index is 6.25. The van der Waals surface area contributed by atoms with E-state index in [1.54, 1.807) is 12.1 Å². The Bertz CT molecular complexity index is 752. The van der Waals surface area contributed by atoms with Gasteiger partial charge in [-0.15, -0.1) is 5.41 Å². The zero-order valence-corrected chi connectivity index (χ0v) is 22.4. The van der Waals surface area contributed by atoms with E-state index < -0.39 is 0 Å². The van der Waals surface area contributed by atoms with Gasteiger partial charge in [-0.2, -0.15) is 0 Å². The van der Waals surface area contributed by atoms with Crippen molar-refractivity contribution in [1.29, 1.82) is 5.26 Å². The van der Waals surface area contributed by atoms with Crippen LogP contribution in [0.5, 0.6) is 0 Å². The van der Waals surface area contributed by atoms with Gasteiger partial charge in [-0.25, -0.2) is 6.54 Å². The summed E-state index contributed by atoms with van der Waals surface area (Å²) in [5.74, 6) is 5.12. The van der Waals surface area contributed by atoms with Gasteiger partial charge >= 0.3 is 0 Å². The van der Waals surface area contributed by atoms with Gasteiger partial charge in [0.1, 0.15) is 0 Å². The number of nitrogens with zero attached hydrogens (tertiary/aromatic N) is 2. The number of hydrogen-bond acceptors (Lipinski definition) is 2. The molecule has 4 aliphatic carbocycles. The van der Waals surface area contributed by atoms with Gasteiger partial charge in [0.25, 0.3) is 0 Å². The van der Waals surface area contributed by atoms with E-state index in [9.17, 15) is 0 Å². The summed E-state index contributed by atoms with van der Waals surface area (Å²) in [5, 5.41) is 6.25. The Morgan fingerprint density at radius 2 is 1.35 bits per heavy atom. The van der Waals surface area contributed by atoms with Crippen LogP contribution in [-0.2, 0) is 22.4 Å². The average molecular weight is 602 g/mol. The third kappa shape index (κ3) is 3.94. The van der Waals surface area contributed by atoms with Gasteiger partial charge in [0.2, 0.25) is 0 Å². The Morgan fingerprint density at radius 3 is 1.77 bits per heavy atom. The Labute approximate surface area is 206 Å². The molecule has 1 spiro atoms. The van der Waals surface area contributed by atoms with Crippen LogP contribution >= 0.6 is 0 Å². The van der Waals surface area contributed by atoms with Crippen molar-refractivity contribution < 1.29 is 22.4 Å². The topological polar surface area (TPSA) is 27.0 Å². The monoisotopic (exact) mass is 601 g/mol. The van der Waals surface area contributed by atoms with Crippen LogP contribution in [0, 0.1) is 47.5 Å². The van der Waals surface area contributed by atoms with Gasteiger partial charge in [-0.05, 0) is 80.8 Å². The van der Waals surface area contributed by atoms with Crippen molar-refractivity contribution in [1.82, 2.24) is 0 Å². The molecule has 1 aromatic rings. The Hall–Kier alpha value is -0.750. The van der Waals surface area contributed by atoms with Crippen molar-refractivity contribution in [3.63, 3.8) is 0 Å². The van der Waals surface area contributed by atoms with Crippen LogP contribution in [0.25, 0.3) is 0 Å². The zero-order valence-electron chi connectivity index (χ0n) is 20.2.